The predicted molar refractivity (Wildman–Crippen MR) is 71.5 cm³/mol. The highest BCUT2D eigenvalue weighted by atomic mass is 16.5. The Hall–Kier alpha value is -1.55. The highest BCUT2D eigenvalue weighted by Gasteiger charge is 2.30. The minimum Gasteiger partial charge on any atom is -0.398 e. The second-order valence-electron chi connectivity index (χ2n) is 5.21. The van der Waals surface area contributed by atoms with Crippen LogP contribution in [0.25, 0.3) is 0 Å². The molecule has 1 aromatic carbocycles. The number of amides is 1. The Labute approximate surface area is 108 Å². The van der Waals surface area contributed by atoms with Gasteiger partial charge in [0.2, 0.25) is 0 Å². The van der Waals surface area contributed by atoms with E-state index >= 15 is 0 Å². The molecule has 18 heavy (non-hydrogen) atoms. The maximum absolute atomic E-state index is 12.2. The van der Waals surface area contributed by atoms with Gasteiger partial charge in [-0.05, 0) is 38.3 Å². The summed E-state index contributed by atoms with van der Waals surface area (Å²) < 4.78 is 5.43. The van der Waals surface area contributed by atoms with Crippen molar-refractivity contribution in [2.45, 2.75) is 32.2 Å². The van der Waals surface area contributed by atoms with Crippen molar-refractivity contribution in [3.63, 3.8) is 0 Å². The zero-order valence-corrected chi connectivity index (χ0v) is 11.0. The monoisotopic (exact) mass is 248 g/mol. The highest BCUT2D eigenvalue weighted by Crippen LogP contribution is 2.21. The summed E-state index contributed by atoms with van der Waals surface area (Å²) in [6.45, 7) is 5.25. The maximum atomic E-state index is 12.2. The van der Waals surface area contributed by atoms with Crippen molar-refractivity contribution in [3.8, 4) is 0 Å². The standard InChI is InChI=1S/C14H20N2O2/c1-10-5-3-6-11(12(10)15)13(17)16-14(2)7-4-8-18-9-14/h3,5-6H,4,7-9,15H2,1-2H3,(H,16,17). The fourth-order valence-electron chi connectivity index (χ4n) is 2.25. The summed E-state index contributed by atoms with van der Waals surface area (Å²) in [5, 5.41) is 3.04. The first-order chi connectivity index (χ1) is 8.52. The Morgan fingerprint density at radius 3 is 2.94 bits per heavy atom. The van der Waals surface area contributed by atoms with Gasteiger partial charge in [-0.2, -0.15) is 0 Å². The number of nitrogens with one attached hydrogen (secondary N) is 1. The number of rotatable bonds is 2. The van der Waals surface area contributed by atoms with Crippen LogP contribution in [0.5, 0.6) is 0 Å². The topological polar surface area (TPSA) is 64.3 Å². The molecule has 0 spiro atoms. The summed E-state index contributed by atoms with van der Waals surface area (Å²) in [6, 6.07) is 5.50. The van der Waals surface area contributed by atoms with Crippen LogP contribution < -0.4 is 11.1 Å². The average molecular weight is 248 g/mol. The number of hydrogen-bond acceptors (Lipinski definition) is 3. The van der Waals surface area contributed by atoms with E-state index in [4.69, 9.17) is 10.5 Å². The van der Waals surface area contributed by atoms with Gasteiger partial charge >= 0.3 is 0 Å². The van der Waals surface area contributed by atoms with Crippen LogP contribution in [0, 0.1) is 6.92 Å². The van der Waals surface area contributed by atoms with E-state index < -0.39 is 0 Å². The first kappa shape index (κ1) is 12.9. The Morgan fingerprint density at radius 1 is 1.50 bits per heavy atom. The fourth-order valence-corrected chi connectivity index (χ4v) is 2.25. The van der Waals surface area contributed by atoms with Gasteiger partial charge in [0.1, 0.15) is 0 Å². The second kappa shape index (κ2) is 4.98. The van der Waals surface area contributed by atoms with Crippen LogP contribution in [-0.2, 0) is 4.74 Å². The lowest BCUT2D eigenvalue weighted by atomic mass is 9.94. The van der Waals surface area contributed by atoms with Gasteiger partial charge in [0.05, 0.1) is 17.7 Å². The maximum Gasteiger partial charge on any atom is 0.253 e. The summed E-state index contributed by atoms with van der Waals surface area (Å²) in [5.74, 6) is -0.121. The molecule has 1 heterocycles. The molecular weight excluding hydrogens is 228 g/mol. The lowest BCUT2D eigenvalue weighted by Crippen LogP contribution is -2.51. The molecule has 1 aliphatic heterocycles. The van der Waals surface area contributed by atoms with Gasteiger partial charge < -0.3 is 15.8 Å². The van der Waals surface area contributed by atoms with Crippen LogP contribution in [-0.4, -0.2) is 24.7 Å². The van der Waals surface area contributed by atoms with Crippen molar-refractivity contribution in [1.29, 1.82) is 0 Å². The molecule has 4 nitrogen and oxygen atoms in total. The largest absolute Gasteiger partial charge is 0.398 e. The van der Waals surface area contributed by atoms with Crippen LogP contribution in [0.1, 0.15) is 35.7 Å². The molecule has 1 atom stereocenters. The van der Waals surface area contributed by atoms with Crippen molar-refractivity contribution in [2.24, 2.45) is 0 Å². The zero-order chi connectivity index (χ0) is 13.2. The number of benzene rings is 1. The minimum atomic E-state index is -0.286. The van der Waals surface area contributed by atoms with Crippen molar-refractivity contribution >= 4 is 11.6 Å². The molecule has 3 N–H and O–H groups in total. The second-order valence-corrected chi connectivity index (χ2v) is 5.21. The number of aryl methyl sites for hydroxylation is 1. The molecule has 1 aromatic rings. The number of nitrogen functional groups attached to an aromatic ring is 1. The summed E-state index contributed by atoms with van der Waals surface area (Å²) in [6.07, 6.45) is 1.91. The molecule has 0 radical (unpaired) electrons. The molecule has 0 bridgehead atoms. The van der Waals surface area contributed by atoms with E-state index in [0.717, 1.165) is 25.0 Å². The van der Waals surface area contributed by atoms with E-state index in [2.05, 4.69) is 5.32 Å². The summed E-state index contributed by atoms with van der Waals surface area (Å²) in [7, 11) is 0. The molecule has 1 saturated heterocycles. The van der Waals surface area contributed by atoms with Crippen LogP contribution in [0.3, 0.4) is 0 Å². The number of nitrogens with two attached hydrogens (primary N) is 1. The van der Waals surface area contributed by atoms with Gasteiger partial charge in [0.15, 0.2) is 0 Å². The van der Waals surface area contributed by atoms with Crippen molar-refractivity contribution < 1.29 is 9.53 Å². The molecule has 1 fully saturated rings. The molecule has 1 unspecified atom stereocenters. The smallest absolute Gasteiger partial charge is 0.253 e. The van der Waals surface area contributed by atoms with Gasteiger partial charge in [0.25, 0.3) is 5.91 Å². The van der Waals surface area contributed by atoms with Crippen LogP contribution in [0.2, 0.25) is 0 Å². The van der Waals surface area contributed by atoms with Gasteiger partial charge in [0, 0.05) is 12.3 Å². The highest BCUT2D eigenvalue weighted by molar-refractivity contribution is 6.00. The number of carbonyl (C=O) groups excluding carboxylic acids is 1. The molecule has 4 heteroatoms. The molecule has 0 saturated carbocycles. The number of hydrogen-bond donors (Lipinski definition) is 2. The molecular formula is C14H20N2O2. The summed E-state index contributed by atoms with van der Waals surface area (Å²) in [4.78, 5) is 12.2. The summed E-state index contributed by atoms with van der Waals surface area (Å²) >= 11 is 0. The fraction of sp³-hybridized carbons (Fsp3) is 0.500. The van der Waals surface area contributed by atoms with Crippen molar-refractivity contribution in [3.05, 3.63) is 29.3 Å². The number of para-hydroxylation sites is 1. The van der Waals surface area contributed by atoms with Gasteiger partial charge in [-0.3, -0.25) is 4.79 Å². The molecule has 1 amide bonds. The first-order valence-electron chi connectivity index (χ1n) is 6.27. The van der Waals surface area contributed by atoms with Gasteiger partial charge in [-0.15, -0.1) is 0 Å². The van der Waals surface area contributed by atoms with Crippen LogP contribution in [0.4, 0.5) is 5.69 Å². The molecule has 0 aromatic heterocycles. The van der Waals surface area contributed by atoms with Crippen LogP contribution >= 0.6 is 0 Å². The van der Waals surface area contributed by atoms with E-state index in [-0.39, 0.29) is 11.4 Å². The Balaban J connectivity index is 2.14. The normalized spacial score (nSPS) is 23.7. The van der Waals surface area contributed by atoms with E-state index in [1.54, 1.807) is 6.07 Å². The Bertz CT molecular complexity index is 451. The van der Waals surface area contributed by atoms with E-state index in [1.165, 1.54) is 0 Å². The van der Waals surface area contributed by atoms with Gasteiger partial charge in [-0.1, -0.05) is 12.1 Å². The third-order valence-electron chi connectivity index (χ3n) is 3.42. The predicted octanol–water partition coefficient (Wildman–Crippen LogP) is 1.88. The zero-order valence-electron chi connectivity index (χ0n) is 11.0. The van der Waals surface area contributed by atoms with Crippen molar-refractivity contribution in [1.82, 2.24) is 5.32 Å². The third kappa shape index (κ3) is 2.64. The quantitative estimate of drug-likeness (QED) is 0.785. The van der Waals surface area contributed by atoms with E-state index in [0.29, 0.717) is 17.9 Å². The lowest BCUT2D eigenvalue weighted by Gasteiger charge is -2.34. The number of anilines is 1. The number of carbonyl (C=O) groups is 1. The summed E-state index contributed by atoms with van der Waals surface area (Å²) in [5.41, 5.74) is 7.67. The van der Waals surface area contributed by atoms with Crippen LogP contribution in [0.15, 0.2) is 18.2 Å². The molecule has 2 rings (SSSR count). The Morgan fingerprint density at radius 2 is 2.28 bits per heavy atom. The first-order valence-corrected chi connectivity index (χ1v) is 6.27. The molecule has 1 aliphatic rings. The van der Waals surface area contributed by atoms with Crippen molar-refractivity contribution in [2.75, 3.05) is 18.9 Å². The Kier molecular flexibility index (Phi) is 3.57. The molecule has 98 valence electrons. The third-order valence-corrected chi connectivity index (χ3v) is 3.42. The lowest BCUT2D eigenvalue weighted by molar-refractivity contribution is 0.0273. The minimum absolute atomic E-state index is 0.121. The average Bonchev–Trinajstić information content (AvgIpc) is 2.33. The molecule has 0 aliphatic carbocycles. The van der Waals surface area contributed by atoms with E-state index in [9.17, 15) is 4.79 Å². The van der Waals surface area contributed by atoms with Gasteiger partial charge in [-0.25, -0.2) is 0 Å². The van der Waals surface area contributed by atoms with E-state index in [1.807, 2.05) is 26.0 Å². The number of ether oxygens (including phenoxy) is 1. The SMILES string of the molecule is Cc1cccc(C(=O)NC2(C)CCCOC2)c1N.